The lowest BCUT2D eigenvalue weighted by atomic mass is 10.1. The van der Waals surface area contributed by atoms with Crippen LogP contribution < -0.4 is 0 Å². The Morgan fingerprint density at radius 3 is 2.74 bits per heavy atom. The third-order valence-electron chi connectivity index (χ3n) is 6.39. The molecule has 7 heteroatoms. The first-order valence-corrected chi connectivity index (χ1v) is 12.9. The van der Waals surface area contributed by atoms with Crippen molar-refractivity contribution in [2.75, 3.05) is 13.7 Å². The standard InChI is InChI=1S/C27H31N5OS/c1-20-8-3-4-9-23(20)19-34-27-30-29-25(32(27)17-24-13-7-15-33-24)18-31(2)16-22-11-5-10-21-12-6-14-28-26(21)22/h3-6,8-12,14,24H,7,13,15-19H2,1-2H3/t24-/m0/s1. The fourth-order valence-corrected chi connectivity index (χ4v) is 5.56. The molecule has 0 radical (unpaired) electrons. The van der Waals surface area contributed by atoms with E-state index in [-0.39, 0.29) is 6.10 Å². The number of para-hydroxylation sites is 1. The van der Waals surface area contributed by atoms with Gasteiger partial charge in [-0.1, -0.05) is 60.3 Å². The Balaban J connectivity index is 1.34. The number of fused-ring (bicyclic) bond motifs is 1. The molecule has 1 saturated heterocycles. The molecular formula is C27H31N5OS. The number of thioether (sulfide) groups is 1. The molecule has 2 aromatic carbocycles. The number of nitrogens with zero attached hydrogens (tertiary/aromatic N) is 5. The van der Waals surface area contributed by atoms with E-state index in [1.54, 1.807) is 11.8 Å². The van der Waals surface area contributed by atoms with Gasteiger partial charge in [0.1, 0.15) is 5.82 Å². The molecule has 0 aliphatic carbocycles. The molecule has 1 aliphatic rings. The summed E-state index contributed by atoms with van der Waals surface area (Å²) in [6.07, 6.45) is 4.32. The fourth-order valence-electron chi connectivity index (χ4n) is 4.52. The maximum atomic E-state index is 5.96. The van der Waals surface area contributed by atoms with Crippen molar-refractivity contribution in [2.24, 2.45) is 0 Å². The number of hydrogen-bond acceptors (Lipinski definition) is 6. The zero-order chi connectivity index (χ0) is 23.3. The average molecular weight is 474 g/mol. The predicted molar refractivity (Wildman–Crippen MR) is 137 cm³/mol. The molecule has 1 fully saturated rings. The highest BCUT2D eigenvalue weighted by Gasteiger charge is 2.22. The first-order chi connectivity index (χ1) is 16.7. The Kier molecular flexibility index (Phi) is 7.23. The number of hydrogen-bond donors (Lipinski definition) is 0. The summed E-state index contributed by atoms with van der Waals surface area (Å²) in [7, 11) is 2.13. The molecule has 0 N–H and O–H groups in total. The third-order valence-corrected chi connectivity index (χ3v) is 7.41. The van der Waals surface area contributed by atoms with Crippen molar-refractivity contribution in [1.29, 1.82) is 0 Å². The normalized spacial score (nSPS) is 16.0. The number of pyridine rings is 1. The van der Waals surface area contributed by atoms with Crippen LogP contribution in [0.1, 0.15) is 35.4 Å². The Morgan fingerprint density at radius 1 is 1.03 bits per heavy atom. The van der Waals surface area contributed by atoms with E-state index in [0.29, 0.717) is 6.54 Å². The van der Waals surface area contributed by atoms with E-state index in [0.717, 1.165) is 54.8 Å². The zero-order valence-electron chi connectivity index (χ0n) is 19.9. The van der Waals surface area contributed by atoms with Crippen molar-refractivity contribution >= 4 is 22.7 Å². The molecule has 2 aromatic heterocycles. The second kappa shape index (κ2) is 10.7. The van der Waals surface area contributed by atoms with Crippen LogP contribution >= 0.6 is 11.8 Å². The summed E-state index contributed by atoms with van der Waals surface area (Å²) in [6, 6.07) is 19.0. The van der Waals surface area contributed by atoms with Crippen LogP contribution in [0.3, 0.4) is 0 Å². The van der Waals surface area contributed by atoms with E-state index in [9.17, 15) is 0 Å². The molecule has 0 bridgehead atoms. The monoisotopic (exact) mass is 473 g/mol. The van der Waals surface area contributed by atoms with Gasteiger partial charge in [0.25, 0.3) is 0 Å². The maximum Gasteiger partial charge on any atom is 0.191 e. The van der Waals surface area contributed by atoms with Gasteiger partial charge in [0, 0.05) is 30.5 Å². The van der Waals surface area contributed by atoms with Crippen LogP contribution in [0.2, 0.25) is 0 Å². The van der Waals surface area contributed by atoms with Crippen LogP contribution in [-0.2, 0) is 30.1 Å². The molecule has 0 amide bonds. The van der Waals surface area contributed by atoms with Crippen molar-refractivity contribution in [1.82, 2.24) is 24.6 Å². The summed E-state index contributed by atoms with van der Waals surface area (Å²) >= 11 is 1.76. The van der Waals surface area contributed by atoms with Gasteiger partial charge in [0.05, 0.1) is 24.7 Å². The summed E-state index contributed by atoms with van der Waals surface area (Å²) in [5.41, 5.74) is 4.93. The number of benzene rings is 2. The molecule has 4 aromatic rings. The van der Waals surface area contributed by atoms with Crippen LogP contribution in [0.5, 0.6) is 0 Å². The van der Waals surface area contributed by atoms with E-state index in [1.807, 2.05) is 12.3 Å². The first-order valence-electron chi connectivity index (χ1n) is 11.9. The molecule has 34 heavy (non-hydrogen) atoms. The van der Waals surface area contributed by atoms with Crippen LogP contribution in [0.4, 0.5) is 0 Å². The van der Waals surface area contributed by atoms with Gasteiger partial charge >= 0.3 is 0 Å². The molecule has 1 atom stereocenters. The van der Waals surface area contributed by atoms with Crippen molar-refractivity contribution in [3.05, 3.63) is 83.3 Å². The van der Waals surface area contributed by atoms with E-state index < -0.39 is 0 Å². The predicted octanol–water partition coefficient (Wildman–Crippen LogP) is 5.24. The van der Waals surface area contributed by atoms with Gasteiger partial charge in [-0.3, -0.25) is 9.88 Å². The number of aryl methyl sites for hydroxylation is 1. The van der Waals surface area contributed by atoms with Gasteiger partial charge in [-0.2, -0.15) is 0 Å². The van der Waals surface area contributed by atoms with Crippen molar-refractivity contribution in [3.63, 3.8) is 0 Å². The van der Waals surface area contributed by atoms with Gasteiger partial charge in [-0.05, 0) is 49.6 Å². The SMILES string of the molecule is Cc1ccccc1CSc1nnc(CN(C)Cc2cccc3cccnc23)n1C[C@@H]1CCCO1. The van der Waals surface area contributed by atoms with Crippen molar-refractivity contribution < 1.29 is 4.74 Å². The zero-order valence-corrected chi connectivity index (χ0v) is 20.7. The molecule has 3 heterocycles. The van der Waals surface area contributed by atoms with Gasteiger partial charge in [-0.15, -0.1) is 10.2 Å². The maximum absolute atomic E-state index is 5.96. The second-order valence-corrected chi connectivity index (χ2v) is 9.97. The first kappa shape index (κ1) is 23.0. The van der Waals surface area contributed by atoms with Gasteiger partial charge in [-0.25, -0.2) is 0 Å². The minimum atomic E-state index is 0.236. The lowest BCUT2D eigenvalue weighted by Gasteiger charge is -2.19. The van der Waals surface area contributed by atoms with Crippen LogP contribution in [0.15, 0.2) is 66.0 Å². The van der Waals surface area contributed by atoms with E-state index in [2.05, 4.69) is 87.2 Å². The number of aromatic nitrogens is 4. The Hall–Kier alpha value is -2.74. The third kappa shape index (κ3) is 5.32. The summed E-state index contributed by atoms with van der Waals surface area (Å²) in [6.45, 7) is 5.33. The highest BCUT2D eigenvalue weighted by Crippen LogP contribution is 2.26. The Morgan fingerprint density at radius 2 is 1.88 bits per heavy atom. The second-order valence-electron chi connectivity index (χ2n) is 9.02. The van der Waals surface area contributed by atoms with Crippen LogP contribution in [0.25, 0.3) is 10.9 Å². The molecule has 0 unspecified atom stereocenters. The summed E-state index contributed by atoms with van der Waals surface area (Å²) < 4.78 is 8.23. The molecule has 5 rings (SSSR count). The highest BCUT2D eigenvalue weighted by molar-refractivity contribution is 7.98. The molecule has 6 nitrogen and oxygen atoms in total. The van der Waals surface area contributed by atoms with Crippen LogP contribution in [0, 0.1) is 6.92 Å². The quantitative estimate of drug-likeness (QED) is 0.310. The smallest absolute Gasteiger partial charge is 0.191 e. The lowest BCUT2D eigenvalue weighted by molar-refractivity contribution is 0.0934. The molecule has 0 saturated carbocycles. The number of ether oxygens (including phenoxy) is 1. The molecule has 176 valence electrons. The van der Waals surface area contributed by atoms with Gasteiger partial charge < -0.3 is 9.30 Å². The van der Waals surface area contributed by atoms with E-state index >= 15 is 0 Å². The fraction of sp³-hybridized carbons (Fsp3) is 0.370. The van der Waals surface area contributed by atoms with Gasteiger partial charge in [0.15, 0.2) is 5.16 Å². The molecule has 0 spiro atoms. The van der Waals surface area contributed by atoms with Crippen molar-refractivity contribution in [2.45, 2.75) is 56.4 Å². The van der Waals surface area contributed by atoms with E-state index in [4.69, 9.17) is 4.74 Å². The summed E-state index contributed by atoms with van der Waals surface area (Å²) in [5.74, 6) is 1.87. The summed E-state index contributed by atoms with van der Waals surface area (Å²) in [4.78, 5) is 6.90. The van der Waals surface area contributed by atoms with Crippen molar-refractivity contribution in [3.8, 4) is 0 Å². The summed E-state index contributed by atoms with van der Waals surface area (Å²) in [5, 5.41) is 11.3. The van der Waals surface area contributed by atoms with E-state index in [1.165, 1.54) is 22.1 Å². The largest absolute Gasteiger partial charge is 0.376 e. The Labute approximate surface area is 205 Å². The minimum absolute atomic E-state index is 0.236. The molecule has 1 aliphatic heterocycles. The average Bonchev–Trinajstić information content (AvgIpc) is 3.50. The topological polar surface area (TPSA) is 56.1 Å². The highest BCUT2D eigenvalue weighted by atomic mass is 32.2. The minimum Gasteiger partial charge on any atom is -0.376 e. The molecular weight excluding hydrogens is 442 g/mol. The number of rotatable bonds is 9. The Bertz CT molecular complexity index is 1250. The van der Waals surface area contributed by atoms with Gasteiger partial charge in [0.2, 0.25) is 0 Å². The lowest BCUT2D eigenvalue weighted by Crippen LogP contribution is -2.23. The van der Waals surface area contributed by atoms with Crippen LogP contribution in [-0.4, -0.2) is 44.4 Å².